The fraction of sp³-hybridized carbons (Fsp3) is 0.471. The number of carbonyl (C=O) groups is 1. The highest BCUT2D eigenvalue weighted by Gasteiger charge is 2.23. The molecule has 24 heavy (non-hydrogen) atoms. The summed E-state index contributed by atoms with van der Waals surface area (Å²) in [6.07, 6.45) is 3.74. The Balaban J connectivity index is 1.95. The number of carbonyl (C=O) groups excluding carboxylic acids is 1. The van der Waals surface area contributed by atoms with Gasteiger partial charge in [-0.3, -0.25) is 9.69 Å². The molecule has 132 valence electrons. The third-order valence-corrected chi connectivity index (χ3v) is 5.69. The van der Waals surface area contributed by atoms with Crippen LogP contribution in [0.4, 0.5) is 0 Å². The van der Waals surface area contributed by atoms with Gasteiger partial charge in [0.05, 0.1) is 4.90 Å². The minimum Gasteiger partial charge on any atom is -0.350 e. The standard InChI is InChI=1S/C17H25N3O3S/c1-3-11-19-24(22,23)16-9-7-14(8-10-16)17(21)18-13-15-6-5-12-20(15)4-2/h3,7-10,15,19H,1,4-6,11-13H2,2H3,(H,18,21). The number of rotatable bonds is 8. The number of hydrogen-bond acceptors (Lipinski definition) is 4. The van der Waals surface area contributed by atoms with Crippen molar-refractivity contribution in [2.75, 3.05) is 26.2 Å². The highest BCUT2D eigenvalue weighted by molar-refractivity contribution is 7.89. The first kappa shape index (κ1) is 18.6. The summed E-state index contributed by atoms with van der Waals surface area (Å²) in [6.45, 7) is 8.46. The molecule has 0 spiro atoms. The highest BCUT2D eigenvalue weighted by atomic mass is 32.2. The normalized spacial score (nSPS) is 18.5. The maximum atomic E-state index is 12.2. The van der Waals surface area contributed by atoms with Gasteiger partial charge in [0, 0.05) is 24.7 Å². The van der Waals surface area contributed by atoms with E-state index in [9.17, 15) is 13.2 Å². The van der Waals surface area contributed by atoms with Gasteiger partial charge in [-0.15, -0.1) is 6.58 Å². The molecule has 1 aromatic carbocycles. The summed E-state index contributed by atoms with van der Waals surface area (Å²) in [4.78, 5) is 14.7. The number of sulfonamides is 1. The molecule has 0 saturated carbocycles. The summed E-state index contributed by atoms with van der Waals surface area (Å²) in [6, 6.07) is 6.33. The van der Waals surface area contributed by atoms with Crippen LogP contribution < -0.4 is 10.0 Å². The predicted molar refractivity (Wildman–Crippen MR) is 94.4 cm³/mol. The van der Waals surface area contributed by atoms with Crippen LogP contribution in [0.2, 0.25) is 0 Å². The first-order valence-electron chi connectivity index (χ1n) is 8.20. The van der Waals surface area contributed by atoms with Crippen molar-refractivity contribution < 1.29 is 13.2 Å². The summed E-state index contributed by atoms with van der Waals surface area (Å²) in [7, 11) is -3.56. The lowest BCUT2D eigenvalue weighted by atomic mass is 10.2. The maximum absolute atomic E-state index is 12.2. The Morgan fingerprint density at radius 1 is 1.38 bits per heavy atom. The SMILES string of the molecule is C=CCNS(=O)(=O)c1ccc(C(=O)NCC2CCCN2CC)cc1. The van der Waals surface area contributed by atoms with Crippen LogP contribution in [0.25, 0.3) is 0 Å². The quantitative estimate of drug-likeness (QED) is 0.693. The number of likely N-dealkylation sites (N-methyl/N-ethyl adjacent to an activating group) is 1. The van der Waals surface area contributed by atoms with Gasteiger partial charge in [-0.05, 0) is 50.2 Å². The van der Waals surface area contributed by atoms with Crippen LogP contribution in [0, 0.1) is 0 Å². The van der Waals surface area contributed by atoms with Crippen LogP contribution in [0.5, 0.6) is 0 Å². The Morgan fingerprint density at radius 2 is 2.08 bits per heavy atom. The Hall–Kier alpha value is -1.70. The third-order valence-electron chi connectivity index (χ3n) is 4.25. The van der Waals surface area contributed by atoms with E-state index in [1.807, 2.05) is 0 Å². The van der Waals surface area contributed by atoms with Crippen LogP contribution in [-0.4, -0.2) is 51.4 Å². The van der Waals surface area contributed by atoms with Gasteiger partial charge in [-0.2, -0.15) is 0 Å². The molecule has 2 rings (SSSR count). The van der Waals surface area contributed by atoms with Crippen molar-refractivity contribution >= 4 is 15.9 Å². The van der Waals surface area contributed by atoms with Gasteiger partial charge in [0.2, 0.25) is 10.0 Å². The highest BCUT2D eigenvalue weighted by Crippen LogP contribution is 2.16. The summed E-state index contributed by atoms with van der Waals surface area (Å²) in [5.74, 6) is -0.180. The van der Waals surface area contributed by atoms with E-state index >= 15 is 0 Å². The Morgan fingerprint density at radius 3 is 2.71 bits per heavy atom. The summed E-state index contributed by atoms with van der Waals surface area (Å²) in [5, 5.41) is 2.94. The maximum Gasteiger partial charge on any atom is 0.251 e. The number of nitrogens with one attached hydrogen (secondary N) is 2. The minimum atomic E-state index is -3.56. The lowest BCUT2D eigenvalue weighted by Crippen LogP contribution is -2.40. The molecule has 0 radical (unpaired) electrons. The molecule has 1 aliphatic heterocycles. The average molecular weight is 351 g/mol. The fourth-order valence-electron chi connectivity index (χ4n) is 2.89. The van der Waals surface area contributed by atoms with Gasteiger partial charge >= 0.3 is 0 Å². The number of likely N-dealkylation sites (tertiary alicyclic amines) is 1. The van der Waals surface area contributed by atoms with E-state index in [4.69, 9.17) is 0 Å². The minimum absolute atomic E-state index is 0.133. The molecule has 1 amide bonds. The molecule has 1 saturated heterocycles. The number of amides is 1. The Labute approximate surface area is 144 Å². The molecular formula is C17H25N3O3S. The molecule has 7 heteroatoms. The van der Waals surface area contributed by atoms with Crippen molar-refractivity contribution in [1.29, 1.82) is 0 Å². The molecule has 1 aliphatic rings. The lowest BCUT2D eigenvalue weighted by Gasteiger charge is -2.22. The smallest absolute Gasteiger partial charge is 0.251 e. The van der Waals surface area contributed by atoms with Gasteiger partial charge in [0.1, 0.15) is 0 Å². The van der Waals surface area contributed by atoms with E-state index in [1.54, 1.807) is 0 Å². The molecule has 0 aromatic heterocycles. The first-order valence-corrected chi connectivity index (χ1v) is 9.69. The van der Waals surface area contributed by atoms with Crippen molar-refractivity contribution in [3.8, 4) is 0 Å². The van der Waals surface area contributed by atoms with E-state index in [-0.39, 0.29) is 17.3 Å². The van der Waals surface area contributed by atoms with E-state index in [0.717, 1.165) is 19.5 Å². The topological polar surface area (TPSA) is 78.5 Å². The van der Waals surface area contributed by atoms with Gasteiger partial charge < -0.3 is 5.32 Å². The summed E-state index contributed by atoms with van der Waals surface area (Å²) in [5.41, 5.74) is 0.457. The lowest BCUT2D eigenvalue weighted by molar-refractivity contribution is 0.0941. The monoisotopic (exact) mass is 351 g/mol. The average Bonchev–Trinajstić information content (AvgIpc) is 3.05. The summed E-state index contributed by atoms with van der Waals surface area (Å²) < 4.78 is 26.3. The van der Waals surface area contributed by atoms with Crippen LogP contribution in [0.1, 0.15) is 30.1 Å². The number of hydrogen-bond donors (Lipinski definition) is 2. The molecule has 1 aromatic rings. The van der Waals surface area contributed by atoms with Crippen molar-refractivity contribution in [2.24, 2.45) is 0 Å². The molecule has 1 atom stereocenters. The second-order valence-corrected chi connectivity index (χ2v) is 7.57. The third kappa shape index (κ3) is 4.66. The van der Waals surface area contributed by atoms with Gasteiger partial charge in [0.15, 0.2) is 0 Å². The van der Waals surface area contributed by atoms with Crippen LogP contribution >= 0.6 is 0 Å². The first-order chi connectivity index (χ1) is 11.5. The second kappa shape index (κ2) is 8.41. The van der Waals surface area contributed by atoms with Gasteiger partial charge in [-0.1, -0.05) is 13.0 Å². The molecule has 0 aliphatic carbocycles. The largest absolute Gasteiger partial charge is 0.350 e. The second-order valence-electron chi connectivity index (χ2n) is 5.80. The van der Waals surface area contributed by atoms with Gasteiger partial charge in [0.25, 0.3) is 5.91 Å². The van der Waals surface area contributed by atoms with E-state index in [2.05, 4.69) is 28.4 Å². The molecule has 1 unspecified atom stereocenters. The summed E-state index contributed by atoms with van der Waals surface area (Å²) >= 11 is 0. The van der Waals surface area contributed by atoms with Crippen molar-refractivity contribution in [3.05, 3.63) is 42.5 Å². The number of benzene rings is 1. The van der Waals surface area contributed by atoms with Crippen LogP contribution in [0.15, 0.2) is 41.8 Å². The van der Waals surface area contributed by atoms with Crippen LogP contribution in [0.3, 0.4) is 0 Å². The zero-order valence-electron chi connectivity index (χ0n) is 14.0. The molecule has 2 N–H and O–H groups in total. The van der Waals surface area contributed by atoms with Crippen molar-refractivity contribution in [1.82, 2.24) is 14.9 Å². The Kier molecular flexibility index (Phi) is 6.53. The van der Waals surface area contributed by atoms with E-state index in [0.29, 0.717) is 18.2 Å². The Bertz CT molecular complexity index is 671. The zero-order chi connectivity index (χ0) is 17.6. The van der Waals surface area contributed by atoms with E-state index < -0.39 is 10.0 Å². The molecule has 0 bridgehead atoms. The van der Waals surface area contributed by atoms with Crippen molar-refractivity contribution in [2.45, 2.75) is 30.7 Å². The zero-order valence-corrected chi connectivity index (χ0v) is 14.8. The molecule has 1 fully saturated rings. The molecule has 1 heterocycles. The van der Waals surface area contributed by atoms with Gasteiger partial charge in [-0.25, -0.2) is 13.1 Å². The molecular weight excluding hydrogens is 326 g/mol. The predicted octanol–water partition coefficient (Wildman–Crippen LogP) is 1.37. The number of nitrogens with zero attached hydrogens (tertiary/aromatic N) is 1. The van der Waals surface area contributed by atoms with E-state index in [1.165, 1.54) is 36.8 Å². The van der Waals surface area contributed by atoms with Crippen LogP contribution in [-0.2, 0) is 10.0 Å². The van der Waals surface area contributed by atoms with Crippen molar-refractivity contribution in [3.63, 3.8) is 0 Å². The fourth-order valence-corrected chi connectivity index (χ4v) is 3.89. The molecule has 6 nitrogen and oxygen atoms in total.